The molecule has 10 nitrogen and oxygen atoms in total. The smallest absolute Gasteiger partial charge is 0.323 e. The van der Waals surface area contributed by atoms with Gasteiger partial charge in [-0.15, -0.1) is 0 Å². The van der Waals surface area contributed by atoms with Crippen LogP contribution in [0.3, 0.4) is 0 Å². The van der Waals surface area contributed by atoms with Gasteiger partial charge < -0.3 is 24.3 Å². The number of benzene rings is 1. The van der Waals surface area contributed by atoms with Crippen molar-refractivity contribution < 1.29 is 23.3 Å². The molecule has 3 atom stereocenters. The van der Waals surface area contributed by atoms with Crippen molar-refractivity contribution in [2.75, 3.05) is 26.1 Å². The number of fused-ring (bicyclic) bond motifs is 1. The molecule has 2 aromatic heterocycles. The number of carbonyl (C=O) groups is 1. The number of aromatic nitrogens is 3. The van der Waals surface area contributed by atoms with Crippen molar-refractivity contribution in [1.29, 1.82) is 0 Å². The minimum absolute atomic E-state index is 0.196. The van der Waals surface area contributed by atoms with Gasteiger partial charge in [-0.1, -0.05) is 18.2 Å². The first-order valence-electron chi connectivity index (χ1n) is 10.7. The standard InChI is InChI=1S/C22H30N5O5P/c1-4-30-22(28)16(2)26-33(32-18-8-6-5-7-9-18)31-14-19(29-3)12-10-17-11-13-20-21(23)24-15-25-27(17)20/h5-9,11,13,15-16,19,26H,4,10,12,14H2,1-3H3,(H2,23,24,25). The highest BCUT2D eigenvalue weighted by Gasteiger charge is 2.24. The van der Waals surface area contributed by atoms with Gasteiger partial charge in [0.15, 0.2) is 5.82 Å². The van der Waals surface area contributed by atoms with Crippen LogP contribution in [0, 0.1) is 0 Å². The molecule has 0 aliphatic heterocycles. The second-order valence-corrected chi connectivity index (χ2v) is 8.44. The summed E-state index contributed by atoms with van der Waals surface area (Å²) in [6, 6.07) is 12.6. The van der Waals surface area contributed by atoms with E-state index in [0.29, 0.717) is 31.0 Å². The van der Waals surface area contributed by atoms with Crippen LogP contribution in [0.25, 0.3) is 5.52 Å². The molecular weight excluding hydrogens is 445 g/mol. The molecule has 2 heterocycles. The number of hydrogen-bond donors (Lipinski definition) is 2. The van der Waals surface area contributed by atoms with Crippen LogP contribution in [0.5, 0.6) is 5.75 Å². The number of para-hydroxylation sites is 1. The monoisotopic (exact) mass is 475 g/mol. The molecule has 0 amide bonds. The van der Waals surface area contributed by atoms with E-state index in [9.17, 15) is 4.79 Å². The third-order valence-corrected chi connectivity index (χ3v) is 6.22. The van der Waals surface area contributed by atoms with Gasteiger partial charge in [-0.05, 0) is 51.0 Å². The van der Waals surface area contributed by atoms with Crippen LogP contribution in [0.2, 0.25) is 0 Å². The number of carbonyl (C=O) groups excluding carboxylic acids is 1. The van der Waals surface area contributed by atoms with Gasteiger partial charge in [-0.2, -0.15) is 5.10 Å². The average molecular weight is 475 g/mol. The van der Waals surface area contributed by atoms with Gasteiger partial charge in [0, 0.05) is 12.8 Å². The second-order valence-electron chi connectivity index (χ2n) is 7.22. The number of methoxy groups -OCH3 is 1. The van der Waals surface area contributed by atoms with Crippen molar-refractivity contribution in [3.8, 4) is 5.75 Å². The lowest BCUT2D eigenvalue weighted by molar-refractivity contribution is -0.144. The van der Waals surface area contributed by atoms with Crippen LogP contribution in [-0.2, 0) is 25.2 Å². The molecule has 178 valence electrons. The Morgan fingerprint density at radius 3 is 2.76 bits per heavy atom. The van der Waals surface area contributed by atoms with E-state index < -0.39 is 14.6 Å². The summed E-state index contributed by atoms with van der Waals surface area (Å²) < 4.78 is 24.5. The summed E-state index contributed by atoms with van der Waals surface area (Å²) in [5, 5.41) is 7.36. The van der Waals surface area contributed by atoms with E-state index >= 15 is 0 Å². The fraction of sp³-hybridized carbons (Fsp3) is 0.409. The normalized spacial score (nSPS) is 14.0. The minimum Gasteiger partial charge on any atom is -0.465 e. The van der Waals surface area contributed by atoms with Gasteiger partial charge in [0.05, 0.1) is 19.3 Å². The number of esters is 1. The predicted octanol–water partition coefficient (Wildman–Crippen LogP) is 3.12. The lowest BCUT2D eigenvalue weighted by Gasteiger charge is -2.23. The molecule has 0 fully saturated rings. The Balaban J connectivity index is 1.60. The number of ether oxygens (including phenoxy) is 2. The van der Waals surface area contributed by atoms with Crippen molar-refractivity contribution >= 4 is 25.8 Å². The number of aryl methyl sites for hydroxylation is 1. The Kier molecular flexibility index (Phi) is 9.38. The fourth-order valence-electron chi connectivity index (χ4n) is 3.07. The molecule has 11 heteroatoms. The van der Waals surface area contributed by atoms with Gasteiger partial charge in [0.2, 0.25) is 0 Å². The zero-order chi connectivity index (χ0) is 23.6. The van der Waals surface area contributed by atoms with E-state index in [1.54, 1.807) is 25.5 Å². The summed E-state index contributed by atoms with van der Waals surface area (Å²) >= 11 is 0. The molecule has 0 bridgehead atoms. The van der Waals surface area contributed by atoms with Crippen molar-refractivity contribution in [1.82, 2.24) is 19.7 Å². The van der Waals surface area contributed by atoms with E-state index in [2.05, 4.69) is 15.2 Å². The number of rotatable bonds is 13. The van der Waals surface area contributed by atoms with Crippen LogP contribution in [0.4, 0.5) is 5.82 Å². The number of nitrogens with two attached hydrogens (primary N) is 1. The Bertz CT molecular complexity index is 1020. The molecule has 3 rings (SSSR count). The molecule has 0 radical (unpaired) electrons. The average Bonchev–Trinajstić information content (AvgIpc) is 3.24. The lowest BCUT2D eigenvalue weighted by Crippen LogP contribution is -2.34. The highest BCUT2D eigenvalue weighted by molar-refractivity contribution is 7.45. The first-order chi connectivity index (χ1) is 16.0. The van der Waals surface area contributed by atoms with Crippen molar-refractivity contribution in [2.45, 2.75) is 38.8 Å². The fourth-order valence-corrected chi connectivity index (χ4v) is 4.29. The number of hydrogen-bond acceptors (Lipinski definition) is 9. The highest BCUT2D eigenvalue weighted by atomic mass is 31.2. The summed E-state index contributed by atoms with van der Waals surface area (Å²) in [6.07, 6.45) is 2.64. The quantitative estimate of drug-likeness (QED) is 0.284. The minimum atomic E-state index is -1.62. The molecule has 33 heavy (non-hydrogen) atoms. The topological polar surface area (TPSA) is 122 Å². The van der Waals surface area contributed by atoms with Crippen LogP contribution < -0.4 is 15.3 Å². The Labute approximate surface area is 194 Å². The van der Waals surface area contributed by atoms with Gasteiger partial charge in [-0.3, -0.25) is 4.79 Å². The van der Waals surface area contributed by atoms with Crippen LogP contribution >= 0.6 is 8.53 Å². The first kappa shape index (κ1) is 24.9. The molecule has 3 aromatic rings. The van der Waals surface area contributed by atoms with E-state index in [-0.39, 0.29) is 18.7 Å². The van der Waals surface area contributed by atoms with E-state index in [1.807, 2.05) is 42.5 Å². The zero-order valence-corrected chi connectivity index (χ0v) is 19.9. The summed E-state index contributed by atoms with van der Waals surface area (Å²) in [5.74, 6) is 0.710. The van der Waals surface area contributed by atoms with E-state index in [4.69, 9.17) is 24.3 Å². The van der Waals surface area contributed by atoms with Gasteiger partial charge in [-0.25, -0.2) is 14.6 Å². The Morgan fingerprint density at radius 1 is 1.24 bits per heavy atom. The van der Waals surface area contributed by atoms with Crippen molar-refractivity contribution in [3.05, 3.63) is 54.5 Å². The maximum absolute atomic E-state index is 12.1. The third kappa shape index (κ3) is 7.10. The number of nitrogen functional groups attached to an aromatic ring is 1. The number of anilines is 1. The molecule has 3 unspecified atom stereocenters. The highest BCUT2D eigenvalue weighted by Crippen LogP contribution is 2.36. The largest absolute Gasteiger partial charge is 0.465 e. The summed E-state index contributed by atoms with van der Waals surface area (Å²) in [4.78, 5) is 16.1. The molecular formula is C22H30N5O5P. The van der Waals surface area contributed by atoms with Crippen LogP contribution in [-0.4, -0.2) is 53.0 Å². The number of nitrogens with zero attached hydrogens (tertiary/aromatic N) is 3. The second kappa shape index (κ2) is 12.5. The van der Waals surface area contributed by atoms with Crippen LogP contribution in [0.15, 0.2) is 48.8 Å². The maximum Gasteiger partial charge on any atom is 0.323 e. The molecule has 0 saturated heterocycles. The summed E-state index contributed by atoms with van der Waals surface area (Å²) in [5.41, 5.74) is 7.68. The van der Waals surface area contributed by atoms with Gasteiger partial charge >= 0.3 is 14.5 Å². The van der Waals surface area contributed by atoms with E-state index in [1.165, 1.54) is 6.33 Å². The first-order valence-corrected chi connectivity index (χ1v) is 11.9. The molecule has 0 saturated carbocycles. The molecule has 0 aliphatic carbocycles. The predicted molar refractivity (Wildman–Crippen MR) is 126 cm³/mol. The summed E-state index contributed by atoms with van der Waals surface area (Å²) in [6.45, 7) is 4.06. The van der Waals surface area contributed by atoms with Crippen molar-refractivity contribution in [3.63, 3.8) is 0 Å². The van der Waals surface area contributed by atoms with Gasteiger partial charge in [0.1, 0.15) is 23.6 Å². The molecule has 0 aliphatic rings. The molecule has 1 aromatic carbocycles. The number of nitrogens with one attached hydrogen (secondary N) is 1. The van der Waals surface area contributed by atoms with Crippen LogP contribution in [0.1, 0.15) is 26.0 Å². The van der Waals surface area contributed by atoms with Gasteiger partial charge in [0.25, 0.3) is 0 Å². The maximum atomic E-state index is 12.1. The van der Waals surface area contributed by atoms with Crippen molar-refractivity contribution in [2.24, 2.45) is 0 Å². The summed E-state index contributed by atoms with van der Waals surface area (Å²) in [7, 11) is 0.0191. The molecule has 0 spiro atoms. The Morgan fingerprint density at radius 2 is 2.03 bits per heavy atom. The zero-order valence-electron chi connectivity index (χ0n) is 19.0. The Hall–Kier alpha value is -2.78. The van der Waals surface area contributed by atoms with E-state index in [0.717, 1.165) is 11.2 Å². The lowest BCUT2D eigenvalue weighted by atomic mass is 10.1. The third-order valence-electron chi connectivity index (χ3n) is 4.86. The molecule has 3 N–H and O–H groups in total. The SMILES string of the molecule is CCOC(=O)C(C)NP(OCC(CCc1ccc2c(N)ncnn12)OC)Oc1ccccc1.